The summed E-state index contributed by atoms with van der Waals surface area (Å²) in [5.74, 6) is 0.403. The number of nitrogens with zero attached hydrogens (tertiary/aromatic N) is 2. The number of rotatable bonds is 6. The van der Waals surface area contributed by atoms with Crippen molar-refractivity contribution >= 4 is 5.78 Å². The zero-order valence-electron chi connectivity index (χ0n) is 11.0. The molecule has 0 saturated carbocycles. The van der Waals surface area contributed by atoms with Crippen LogP contribution in [0.25, 0.3) is 0 Å². The summed E-state index contributed by atoms with van der Waals surface area (Å²) in [7, 11) is 0. The molecule has 1 saturated heterocycles. The first-order valence-corrected chi connectivity index (χ1v) is 6.65. The van der Waals surface area contributed by atoms with Crippen LogP contribution in [0.2, 0.25) is 0 Å². The van der Waals surface area contributed by atoms with Crippen molar-refractivity contribution in [3.05, 3.63) is 0 Å². The van der Waals surface area contributed by atoms with E-state index < -0.39 is 0 Å². The van der Waals surface area contributed by atoms with Crippen LogP contribution in [-0.4, -0.2) is 54.3 Å². The van der Waals surface area contributed by atoms with Crippen molar-refractivity contribution < 1.29 is 4.79 Å². The Hall–Kier alpha value is -0.410. The molecule has 0 bridgehead atoms. The van der Waals surface area contributed by atoms with E-state index in [1.165, 1.54) is 13.1 Å². The van der Waals surface area contributed by atoms with Gasteiger partial charge in [-0.2, -0.15) is 0 Å². The van der Waals surface area contributed by atoms with Crippen molar-refractivity contribution in [3.8, 4) is 0 Å². The minimum Gasteiger partial charge on any atom is -0.301 e. The molecule has 3 nitrogen and oxygen atoms in total. The molecule has 0 aromatic heterocycles. The van der Waals surface area contributed by atoms with Gasteiger partial charge in [0.25, 0.3) is 0 Å². The van der Waals surface area contributed by atoms with Gasteiger partial charge in [0.1, 0.15) is 5.78 Å². The summed E-state index contributed by atoms with van der Waals surface area (Å²) in [5, 5.41) is 0. The number of carbonyl (C=O) groups excluding carboxylic acids is 1. The van der Waals surface area contributed by atoms with Gasteiger partial charge in [0.15, 0.2) is 0 Å². The Morgan fingerprint density at radius 3 is 2.62 bits per heavy atom. The SMILES string of the molecule is CCC(=O)CCCN1CCN(CC)C(C)C1. The quantitative estimate of drug-likeness (QED) is 0.689. The van der Waals surface area contributed by atoms with Crippen LogP contribution in [0, 0.1) is 0 Å². The maximum atomic E-state index is 11.2. The molecule has 0 aromatic carbocycles. The summed E-state index contributed by atoms with van der Waals surface area (Å²) in [4.78, 5) is 16.2. The van der Waals surface area contributed by atoms with Gasteiger partial charge in [-0.25, -0.2) is 0 Å². The lowest BCUT2D eigenvalue weighted by molar-refractivity contribution is -0.118. The third kappa shape index (κ3) is 4.22. The second kappa shape index (κ2) is 7.02. The van der Waals surface area contributed by atoms with E-state index in [2.05, 4.69) is 23.6 Å². The highest BCUT2D eigenvalue weighted by Gasteiger charge is 2.21. The third-order valence-electron chi connectivity index (χ3n) is 3.58. The highest BCUT2D eigenvalue weighted by atomic mass is 16.1. The van der Waals surface area contributed by atoms with Crippen LogP contribution in [0.15, 0.2) is 0 Å². The average molecular weight is 226 g/mol. The topological polar surface area (TPSA) is 23.6 Å². The van der Waals surface area contributed by atoms with Gasteiger partial charge in [0.2, 0.25) is 0 Å². The maximum Gasteiger partial charge on any atom is 0.132 e. The van der Waals surface area contributed by atoms with Gasteiger partial charge in [-0.3, -0.25) is 9.69 Å². The fourth-order valence-electron chi connectivity index (χ4n) is 2.42. The number of likely N-dealkylation sites (N-methyl/N-ethyl adjacent to an activating group) is 1. The average Bonchev–Trinajstić information content (AvgIpc) is 2.29. The van der Waals surface area contributed by atoms with E-state index in [9.17, 15) is 4.79 Å². The summed E-state index contributed by atoms with van der Waals surface area (Å²) in [6.45, 7) is 12.2. The summed E-state index contributed by atoms with van der Waals surface area (Å²) in [5.41, 5.74) is 0. The molecule has 1 aliphatic heterocycles. The Kier molecular flexibility index (Phi) is 5.99. The van der Waals surface area contributed by atoms with Crippen molar-refractivity contribution in [3.63, 3.8) is 0 Å². The van der Waals surface area contributed by atoms with Crippen LogP contribution in [0.3, 0.4) is 0 Å². The molecule has 0 amide bonds. The highest BCUT2D eigenvalue weighted by Crippen LogP contribution is 2.09. The number of piperazine rings is 1. The molecule has 1 rings (SSSR count). The van der Waals surface area contributed by atoms with E-state index in [-0.39, 0.29) is 0 Å². The van der Waals surface area contributed by atoms with Crippen LogP contribution < -0.4 is 0 Å². The van der Waals surface area contributed by atoms with Gasteiger partial charge in [0, 0.05) is 38.5 Å². The largest absolute Gasteiger partial charge is 0.301 e. The van der Waals surface area contributed by atoms with E-state index in [0.717, 1.165) is 32.5 Å². The zero-order chi connectivity index (χ0) is 12.0. The highest BCUT2D eigenvalue weighted by molar-refractivity contribution is 5.77. The second-order valence-electron chi connectivity index (χ2n) is 4.77. The fourth-order valence-corrected chi connectivity index (χ4v) is 2.42. The summed E-state index contributed by atoms with van der Waals surface area (Å²) < 4.78 is 0. The predicted molar refractivity (Wildman–Crippen MR) is 67.7 cm³/mol. The number of Topliss-reactive ketones (excluding diaryl/α,β-unsaturated/α-hetero) is 1. The zero-order valence-corrected chi connectivity index (χ0v) is 11.0. The van der Waals surface area contributed by atoms with E-state index in [0.29, 0.717) is 18.2 Å². The molecule has 1 atom stereocenters. The van der Waals surface area contributed by atoms with Crippen molar-refractivity contribution in [2.45, 2.75) is 46.1 Å². The lowest BCUT2D eigenvalue weighted by Crippen LogP contribution is -2.51. The van der Waals surface area contributed by atoms with Crippen LogP contribution in [-0.2, 0) is 4.79 Å². The van der Waals surface area contributed by atoms with Crippen LogP contribution in [0.5, 0.6) is 0 Å². The molecule has 1 unspecified atom stereocenters. The van der Waals surface area contributed by atoms with E-state index in [4.69, 9.17) is 0 Å². The Bertz CT molecular complexity index is 218. The number of hydrogen-bond donors (Lipinski definition) is 0. The monoisotopic (exact) mass is 226 g/mol. The van der Waals surface area contributed by atoms with Gasteiger partial charge in [-0.1, -0.05) is 13.8 Å². The van der Waals surface area contributed by atoms with E-state index in [1.54, 1.807) is 0 Å². The smallest absolute Gasteiger partial charge is 0.132 e. The first-order valence-electron chi connectivity index (χ1n) is 6.65. The Morgan fingerprint density at radius 1 is 1.31 bits per heavy atom. The van der Waals surface area contributed by atoms with Crippen molar-refractivity contribution in [2.75, 3.05) is 32.7 Å². The minimum absolute atomic E-state index is 0.403. The summed E-state index contributed by atoms with van der Waals surface area (Å²) in [6.07, 6.45) is 2.49. The third-order valence-corrected chi connectivity index (χ3v) is 3.58. The van der Waals surface area contributed by atoms with Crippen LogP contribution in [0.4, 0.5) is 0 Å². The number of hydrogen-bond acceptors (Lipinski definition) is 3. The molecule has 0 spiro atoms. The van der Waals surface area contributed by atoms with Crippen molar-refractivity contribution in [2.24, 2.45) is 0 Å². The lowest BCUT2D eigenvalue weighted by Gasteiger charge is -2.39. The molecule has 3 heteroatoms. The lowest BCUT2D eigenvalue weighted by atomic mass is 10.1. The molecular formula is C13H26N2O. The molecule has 0 N–H and O–H groups in total. The fraction of sp³-hybridized carbons (Fsp3) is 0.923. The summed E-state index contributed by atoms with van der Waals surface area (Å²) in [6, 6.07) is 0.667. The molecular weight excluding hydrogens is 200 g/mol. The van der Waals surface area contributed by atoms with Gasteiger partial charge >= 0.3 is 0 Å². The predicted octanol–water partition coefficient (Wildman–Crippen LogP) is 1.77. The standard InChI is InChI=1S/C13H26N2O/c1-4-13(16)7-6-8-14-9-10-15(5-2)12(3)11-14/h12H,4-11H2,1-3H3. The van der Waals surface area contributed by atoms with Crippen molar-refractivity contribution in [1.29, 1.82) is 0 Å². The second-order valence-corrected chi connectivity index (χ2v) is 4.77. The number of carbonyl (C=O) groups is 1. The summed E-state index contributed by atoms with van der Waals surface area (Å²) >= 11 is 0. The first-order chi connectivity index (χ1) is 7.67. The van der Waals surface area contributed by atoms with Gasteiger partial charge in [-0.15, -0.1) is 0 Å². The van der Waals surface area contributed by atoms with Gasteiger partial charge in [-0.05, 0) is 26.4 Å². The molecule has 1 heterocycles. The van der Waals surface area contributed by atoms with Crippen molar-refractivity contribution in [1.82, 2.24) is 9.80 Å². The molecule has 0 aliphatic carbocycles. The molecule has 1 aliphatic rings. The molecule has 16 heavy (non-hydrogen) atoms. The Morgan fingerprint density at radius 2 is 2.06 bits per heavy atom. The normalized spacial score (nSPS) is 23.6. The first kappa shape index (κ1) is 13.7. The van der Waals surface area contributed by atoms with Crippen LogP contribution >= 0.6 is 0 Å². The maximum absolute atomic E-state index is 11.2. The molecule has 1 fully saturated rings. The van der Waals surface area contributed by atoms with Gasteiger partial charge in [0.05, 0.1) is 0 Å². The van der Waals surface area contributed by atoms with Gasteiger partial charge < -0.3 is 4.90 Å². The molecule has 0 radical (unpaired) electrons. The van der Waals surface area contributed by atoms with Crippen LogP contribution in [0.1, 0.15) is 40.0 Å². The number of ketones is 1. The Balaban J connectivity index is 2.17. The molecule has 94 valence electrons. The Labute approximate surface area is 99.8 Å². The van der Waals surface area contributed by atoms with E-state index >= 15 is 0 Å². The minimum atomic E-state index is 0.403. The molecule has 0 aromatic rings. The van der Waals surface area contributed by atoms with E-state index in [1.807, 2.05) is 6.92 Å².